The van der Waals surface area contributed by atoms with Gasteiger partial charge >= 0.3 is 6.03 Å². The summed E-state index contributed by atoms with van der Waals surface area (Å²) in [6.45, 7) is 7.29. The van der Waals surface area contributed by atoms with Crippen LogP contribution in [-0.4, -0.2) is 30.4 Å². The second-order valence-corrected chi connectivity index (χ2v) is 11.0. The maximum absolute atomic E-state index is 13.4. The van der Waals surface area contributed by atoms with Crippen molar-refractivity contribution in [3.8, 4) is 5.75 Å². The van der Waals surface area contributed by atoms with Gasteiger partial charge in [-0.25, -0.2) is 9.69 Å². The first kappa shape index (κ1) is 28.3. The fourth-order valence-electron chi connectivity index (χ4n) is 3.95. The third-order valence-corrected chi connectivity index (χ3v) is 7.25. The lowest BCUT2D eigenvalue weighted by Crippen LogP contribution is -2.54. The van der Waals surface area contributed by atoms with E-state index < -0.39 is 17.8 Å². The fourth-order valence-corrected chi connectivity index (χ4v) is 5.32. The van der Waals surface area contributed by atoms with Gasteiger partial charge in [-0.3, -0.25) is 19.7 Å². The number of barbiturate groups is 1. The fraction of sp³-hybridized carbons (Fsp3) is 0.172. The van der Waals surface area contributed by atoms with Gasteiger partial charge in [-0.15, -0.1) is 0 Å². The Kier molecular flexibility index (Phi) is 8.36. The molecule has 8 nitrogen and oxygen atoms in total. The SMILES string of the molecule is Cc1ccc(C)c(NC(=O)COc2c(Br)cc(Br)cc2/C=C2/C(=O)NC(=O)N(c3ccc(C)c(C)c3)C2=O)c1. The topological polar surface area (TPSA) is 105 Å². The van der Waals surface area contributed by atoms with Crippen LogP contribution in [0.15, 0.2) is 63.0 Å². The van der Waals surface area contributed by atoms with Crippen molar-refractivity contribution >= 4 is 73.1 Å². The van der Waals surface area contributed by atoms with E-state index in [4.69, 9.17) is 4.74 Å². The number of carbonyl (C=O) groups is 4. The third kappa shape index (κ3) is 6.29. The number of hydrogen-bond donors (Lipinski definition) is 2. The van der Waals surface area contributed by atoms with E-state index in [1.54, 1.807) is 30.3 Å². The minimum atomic E-state index is -0.834. The molecule has 0 bridgehead atoms. The first-order valence-electron chi connectivity index (χ1n) is 11.9. The van der Waals surface area contributed by atoms with Gasteiger partial charge in [0.25, 0.3) is 17.7 Å². The molecule has 0 radical (unpaired) electrons. The number of hydrogen-bond acceptors (Lipinski definition) is 5. The molecule has 1 aliphatic rings. The summed E-state index contributed by atoms with van der Waals surface area (Å²) in [5.41, 5.74) is 4.92. The number of imide groups is 2. The van der Waals surface area contributed by atoms with E-state index in [9.17, 15) is 19.2 Å². The van der Waals surface area contributed by atoms with E-state index in [0.717, 1.165) is 27.2 Å². The molecule has 200 valence electrons. The zero-order chi connectivity index (χ0) is 28.4. The lowest BCUT2D eigenvalue weighted by atomic mass is 10.0. The van der Waals surface area contributed by atoms with Crippen LogP contribution in [0.25, 0.3) is 6.08 Å². The molecule has 4 rings (SSSR count). The van der Waals surface area contributed by atoms with Crippen LogP contribution in [0, 0.1) is 27.7 Å². The van der Waals surface area contributed by atoms with Crippen molar-refractivity contribution in [3.63, 3.8) is 0 Å². The summed E-state index contributed by atoms with van der Waals surface area (Å²) in [5.74, 6) is -1.74. The number of rotatable bonds is 6. The molecule has 0 aliphatic carbocycles. The Morgan fingerprint density at radius 2 is 1.67 bits per heavy atom. The molecule has 1 saturated heterocycles. The molecule has 0 spiro atoms. The monoisotopic (exact) mass is 653 g/mol. The van der Waals surface area contributed by atoms with E-state index in [0.29, 0.717) is 25.9 Å². The molecule has 3 aromatic rings. The standard InChI is InChI=1S/C29H25Br2N3O5/c1-15-5-6-17(3)24(9-15)32-25(35)14-39-26-19(11-20(30)13-23(26)31)12-22-27(36)33-29(38)34(28(22)37)21-8-7-16(2)18(4)10-21/h5-13H,14H2,1-4H3,(H,32,35)(H,33,36,38)/b22-12-. The summed E-state index contributed by atoms with van der Waals surface area (Å²) in [6.07, 6.45) is 1.34. The Morgan fingerprint density at radius 3 is 2.38 bits per heavy atom. The number of urea groups is 1. The molecular weight excluding hydrogens is 630 g/mol. The van der Waals surface area contributed by atoms with Crippen LogP contribution in [0.4, 0.5) is 16.2 Å². The number of carbonyl (C=O) groups excluding carboxylic acids is 4. The van der Waals surface area contributed by atoms with Gasteiger partial charge in [-0.05, 0) is 102 Å². The van der Waals surface area contributed by atoms with Crippen molar-refractivity contribution in [2.24, 2.45) is 0 Å². The Balaban J connectivity index is 1.64. The zero-order valence-corrected chi connectivity index (χ0v) is 24.8. The van der Waals surface area contributed by atoms with Gasteiger partial charge < -0.3 is 10.1 Å². The normalized spacial score (nSPS) is 14.5. The van der Waals surface area contributed by atoms with Crippen molar-refractivity contribution in [1.29, 1.82) is 0 Å². The van der Waals surface area contributed by atoms with Crippen LogP contribution in [-0.2, 0) is 14.4 Å². The van der Waals surface area contributed by atoms with E-state index in [1.807, 2.05) is 45.9 Å². The number of anilines is 2. The first-order chi connectivity index (χ1) is 18.4. The number of benzene rings is 3. The number of aryl methyl sites for hydroxylation is 4. The highest BCUT2D eigenvalue weighted by molar-refractivity contribution is 9.11. The number of nitrogens with zero attached hydrogens (tertiary/aromatic N) is 1. The smallest absolute Gasteiger partial charge is 0.335 e. The molecule has 2 N–H and O–H groups in total. The molecule has 0 atom stereocenters. The number of amides is 5. The van der Waals surface area contributed by atoms with Gasteiger partial charge in [0.2, 0.25) is 0 Å². The molecular formula is C29H25Br2N3O5. The summed E-state index contributed by atoms with van der Waals surface area (Å²) < 4.78 is 6.99. The lowest BCUT2D eigenvalue weighted by Gasteiger charge is -2.27. The molecule has 0 aromatic heterocycles. The van der Waals surface area contributed by atoms with Crippen molar-refractivity contribution in [2.75, 3.05) is 16.8 Å². The van der Waals surface area contributed by atoms with Crippen LogP contribution < -0.4 is 20.3 Å². The van der Waals surface area contributed by atoms with E-state index in [2.05, 4.69) is 42.5 Å². The molecule has 0 unspecified atom stereocenters. The molecule has 39 heavy (non-hydrogen) atoms. The zero-order valence-electron chi connectivity index (χ0n) is 21.6. The van der Waals surface area contributed by atoms with Gasteiger partial charge in [-0.1, -0.05) is 34.1 Å². The summed E-state index contributed by atoms with van der Waals surface area (Å²) in [6, 6.07) is 13.4. The van der Waals surface area contributed by atoms with Crippen LogP contribution in [0.5, 0.6) is 5.75 Å². The molecule has 10 heteroatoms. The summed E-state index contributed by atoms with van der Waals surface area (Å²) in [7, 11) is 0. The number of halogens is 2. The van der Waals surface area contributed by atoms with Gasteiger partial charge in [0, 0.05) is 15.7 Å². The van der Waals surface area contributed by atoms with Gasteiger partial charge in [0.15, 0.2) is 6.61 Å². The number of ether oxygens (including phenoxy) is 1. The van der Waals surface area contributed by atoms with Crippen molar-refractivity contribution in [3.05, 3.63) is 90.9 Å². The van der Waals surface area contributed by atoms with E-state index in [1.165, 1.54) is 6.08 Å². The summed E-state index contributed by atoms with van der Waals surface area (Å²) >= 11 is 6.85. The first-order valence-corrected chi connectivity index (χ1v) is 13.5. The molecule has 1 heterocycles. The maximum Gasteiger partial charge on any atom is 0.335 e. The molecule has 5 amide bonds. The van der Waals surface area contributed by atoms with E-state index in [-0.39, 0.29) is 23.8 Å². The molecule has 3 aromatic carbocycles. The second-order valence-electron chi connectivity index (χ2n) is 9.19. The van der Waals surface area contributed by atoms with Gasteiger partial charge in [0.05, 0.1) is 10.2 Å². The average molecular weight is 655 g/mol. The van der Waals surface area contributed by atoms with Crippen LogP contribution in [0.1, 0.15) is 27.8 Å². The van der Waals surface area contributed by atoms with Crippen molar-refractivity contribution in [1.82, 2.24) is 5.32 Å². The van der Waals surface area contributed by atoms with Crippen molar-refractivity contribution in [2.45, 2.75) is 27.7 Å². The second kappa shape index (κ2) is 11.5. The van der Waals surface area contributed by atoms with Gasteiger partial charge in [-0.2, -0.15) is 0 Å². The predicted molar refractivity (Wildman–Crippen MR) is 157 cm³/mol. The molecule has 1 fully saturated rings. The average Bonchev–Trinajstić information content (AvgIpc) is 2.85. The molecule has 0 saturated carbocycles. The maximum atomic E-state index is 13.4. The lowest BCUT2D eigenvalue weighted by molar-refractivity contribution is -0.122. The van der Waals surface area contributed by atoms with E-state index >= 15 is 0 Å². The summed E-state index contributed by atoms with van der Waals surface area (Å²) in [5, 5.41) is 5.07. The Morgan fingerprint density at radius 1 is 0.949 bits per heavy atom. The summed E-state index contributed by atoms with van der Waals surface area (Å²) in [4.78, 5) is 52.4. The minimum Gasteiger partial charge on any atom is -0.482 e. The minimum absolute atomic E-state index is 0.247. The van der Waals surface area contributed by atoms with Gasteiger partial charge in [0.1, 0.15) is 11.3 Å². The quantitative estimate of drug-likeness (QED) is 0.246. The van der Waals surface area contributed by atoms with Crippen LogP contribution >= 0.6 is 31.9 Å². The van der Waals surface area contributed by atoms with Crippen molar-refractivity contribution < 1.29 is 23.9 Å². The Hall–Kier alpha value is -3.76. The molecule has 1 aliphatic heterocycles. The third-order valence-electron chi connectivity index (χ3n) is 6.20. The number of nitrogens with one attached hydrogen (secondary N) is 2. The van der Waals surface area contributed by atoms with Crippen LogP contribution in [0.3, 0.4) is 0 Å². The Bertz CT molecular complexity index is 1560. The Labute approximate surface area is 242 Å². The van der Waals surface area contributed by atoms with Crippen LogP contribution in [0.2, 0.25) is 0 Å². The largest absolute Gasteiger partial charge is 0.482 e. The highest BCUT2D eigenvalue weighted by Gasteiger charge is 2.37. The highest BCUT2D eigenvalue weighted by Crippen LogP contribution is 2.35. The predicted octanol–water partition coefficient (Wildman–Crippen LogP) is 6.13. The highest BCUT2D eigenvalue weighted by atomic mass is 79.9.